The van der Waals surface area contributed by atoms with Gasteiger partial charge in [0.05, 0.1) is 6.20 Å². The number of hydrogen-bond acceptors (Lipinski definition) is 4. The van der Waals surface area contributed by atoms with Crippen molar-refractivity contribution in [3.8, 4) is 0 Å². The average molecular weight is 219 g/mol. The van der Waals surface area contributed by atoms with Gasteiger partial charge in [-0.2, -0.15) is 0 Å². The fraction of sp³-hybridized carbons (Fsp3) is 0.455. The molecule has 0 bridgehead atoms. The molecular formula is C11H13N3O2. The number of nitrogens with one attached hydrogen (secondary N) is 1. The lowest BCUT2D eigenvalue weighted by atomic mass is 9.94. The molecular weight excluding hydrogens is 206 g/mol. The van der Waals surface area contributed by atoms with Crippen molar-refractivity contribution in [3.63, 3.8) is 0 Å². The van der Waals surface area contributed by atoms with Crippen LogP contribution in [0.3, 0.4) is 0 Å². The monoisotopic (exact) mass is 219 g/mol. The second-order valence-electron chi connectivity index (χ2n) is 3.88. The predicted octanol–water partition coefficient (Wildman–Crippen LogP) is 0.718. The van der Waals surface area contributed by atoms with E-state index in [1.807, 2.05) is 0 Å². The summed E-state index contributed by atoms with van der Waals surface area (Å²) in [4.78, 5) is 30.5. The molecule has 1 fully saturated rings. The Bertz CT molecular complexity index is 381. The Morgan fingerprint density at radius 3 is 2.69 bits per heavy atom. The summed E-state index contributed by atoms with van der Waals surface area (Å²) in [7, 11) is 0. The molecule has 1 aromatic rings. The van der Waals surface area contributed by atoms with Gasteiger partial charge in [0, 0.05) is 31.3 Å². The maximum absolute atomic E-state index is 11.7. The van der Waals surface area contributed by atoms with E-state index in [0.717, 1.165) is 12.8 Å². The predicted molar refractivity (Wildman–Crippen MR) is 56.8 cm³/mol. The van der Waals surface area contributed by atoms with Crippen molar-refractivity contribution in [2.75, 3.05) is 0 Å². The van der Waals surface area contributed by atoms with Gasteiger partial charge in [-0.1, -0.05) is 0 Å². The van der Waals surface area contributed by atoms with E-state index in [-0.39, 0.29) is 17.7 Å². The van der Waals surface area contributed by atoms with E-state index < -0.39 is 0 Å². The number of carbonyl (C=O) groups excluding carboxylic acids is 2. The van der Waals surface area contributed by atoms with Crippen LogP contribution in [0.15, 0.2) is 18.6 Å². The molecule has 0 saturated heterocycles. The van der Waals surface area contributed by atoms with Crippen LogP contribution in [0.5, 0.6) is 0 Å². The Morgan fingerprint density at radius 1 is 1.31 bits per heavy atom. The van der Waals surface area contributed by atoms with Crippen molar-refractivity contribution in [2.45, 2.75) is 31.7 Å². The molecule has 1 aromatic heterocycles. The molecule has 0 aromatic carbocycles. The summed E-state index contributed by atoms with van der Waals surface area (Å²) in [6, 6.07) is 0.0900. The molecule has 0 radical (unpaired) electrons. The minimum atomic E-state index is -0.215. The molecule has 0 unspecified atom stereocenters. The topological polar surface area (TPSA) is 72.0 Å². The lowest BCUT2D eigenvalue weighted by Gasteiger charge is -2.21. The molecule has 0 aliphatic heterocycles. The summed E-state index contributed by atoms with van der Waals surface area (Å²) in [5, 5.41) is 2.86. The number of nitrogens with zero attached hydrogens (tertiary/aromatic N) is 2. The summed E-state index contributed by atoms with van der Waals surface area (Å²) >= 11 is 0. The van der Waals surface area contributed by atoms with E-state index in [2.05, 4.69) is 15.3 Å². The fourth-order valence-electron chi connectivity index (χ4n) is 1.76. The highest BCUT2D eigenvalue weighted by Gasteiger charge is 2.20. The van der Waals surface area contributed by atoms with Crippen LogP contribution in [0.1, 0.15) is 36.2 Å². The summed E-state index contributed by atoms with van der Waals surface area (Å²) in [5.74, 6) is 0.0671. The molecule has 5 heteroatoms. The van der Waals surface area contributed by atoms with Crippen LogP contribution < -0.4 is 5.32 Å². The van der Waals surface area contributed by atoms with E-state index in [1.54, 1.807) is 0 Å². The second-order valence-corrected chi connectivity index (χ2v) is 3.88. The van der Waals surface area contributed by atoms with Gasteiger partial charge < -0.3 is 5.32 Å². The van der Waals surface area contributed by atoms with E-state index >= 15 is 0 Å². The zero-order valence-corrected chi connectivity index (χ0v) is 8.85. The molecule has 1 amide bonds. The van der Waals surface area contributed by atoms with Gasteiger partial charge in [-0.15, -0.1) is 0 Å². The van der Waals surface area contributed by atoms with Crippen LogP contribution in [0.2, 0.25) is 0 Å². The lowest BCUT2D eigenvalue weighted by Crippen LogP contribution is -2.38. The summed E-state index contributed by atoms with van der Waals surface area (Å²) in [6.45, 7) is 0. The Hall–Kier alpha value is -1.78. The van der Waals surface area contributed by atoms with Crippen molar-refractivity contribution in [3.05, 3.63) is 24.3 Å². The Labute approximate surface area is 93.3 Å². The van der Waals surface area contributed by atoms with Crippen molar-refractivity contribution in [1.29, 1.82) is 0 Å². The Kier molecular flexibility index (Phi) is 3.24. The normalized spacial score (nSPS) is 17.1. The zero-order valence-electron chi connectivity index (χ0n) is 8.85. The molecule has 5 nitrogen and oxygen atoms in total. The molecule has 1 N–H and O–H groups in total. The van der Waals surface area contributed by atoms with E-state index in [4.69, 9.17) is 0 Å². The van der Waals surface area contributed by atoms with Crippen LogP contribution in [-0.4, -0.2) is 27.7 Å². The second kappa shape index (κ2) is 4.83. The van der Waals surface area contributed by atoms with Gasteiger partial charge >= 0.3 is 0 Å². The third kappa shape index (κ3) is 2.62. The maximum Gasteiger partial charge on any atom is 0.271 e. The van der Waals surface area contributed by atoms with Gasteiger partial charge in [-0.3, -0.25) is 14.6 Å². The average Bonchev–Trinajstić information content (AvgIpc) is 2.33. The van der Waals surface area contributed by atoms with E-state index in [9.17, 15) is 9.59 Å². The van der Waals surface area contributed by atoms with Crippen LogP contribution in [0.4, 0.5) is 0 Å². The zero-order chi connectivity index (χ0) is 11.4. The third-order valence-electron chi connectivity index (χ3n) is 2.67. The molecule has 84 valence electrons. The number of carbonyl (C=O) groups is 2. The molecule has 1 aliphatic rings. The van der Waals surface area contributed by atoms with Gasteiger partial charge in [0.15, 0.2) is 0 Å². The van der Waals surface area contributed by atoms with E-state index in [0.29, 0.717) is 18.5 Å². The van der Waals surface area contributed by atoms with Crippen LogP contribution in [0, 0.1) is 0 Å². The van der Waals surface area contributed by atoms with Gasteiger partial charge in [-0.05, 0) is 12.8 Å². The van der Waals surface area contributed by atoms with Crippen LogP contribution in [0.25, 0.3) is 0 Å². The fourth-order valence-corrected chi connectivity index (χ4v) is 1.76. The van der Waals surface area contributed by atoms with Gasteiger partial charge in [0.1, 0.15) is 11.5 Å². The molecule has 0 atom stereocenters. The van der Waals surface area contributed by atoms with Crippen molar-refractivity contribution in [2.24, 2.45) is 0 Å². The minimum absolute atomic E-state index is 0.0900. The lowest BCUT2D eigenvalue weighted by molar-refractivity contribution is -0.120. The number of hydrogen-bond donors (Lipinski definition) is 1. The summed E-state index contributed by atoms with van der Waals surface area (Å²) in [6.07, 6.45) is 7.02. The number of Topliss-reactive ketones (excluding diaryl/α,β-unsaturated/α-hetero) is 1. The quantitative estimate of drug-likeness (QED) is 0.795. The van der Waals surface area contributed by atoms with Gasteiger partial charge in [0.2, 0.25) is 0 Å². The standard InChI is InChI=1S/C11H13N3O2/c15-9-3-1-8(2-4-9)14-11(16)10-7-12-5-6-13-10/h5-8H,1-4H2,(H,14,16). The highest BCUT2D eigenvalue weighted by atomic mass is 16.2. The molecule has 1 heterocycles. The largest absolute Gasteiger partial charge is 0.348 e. The number of rotatable bonds is 2. The molecule has 1 aliphatic carbocycles. The smallest absolute Gasteiger partial charge is 0.271 e. The Morgan fingerprint density at radius 2 is 2.06 bits per heavy atom. The number of aromatic nitrogens is 2. The first-order valence-corrected chi connectivity index (χ1v) is 5.34. The highest BCUT2D eigenvalue weighted by Crippen LogP contribution is 2.14. The summed E-state index contributed by atoms with van der Waals surface area (Å²) in [5.41, 5.74) is 0.319. The first kappa shape index (κ1) is 10.7. The molecule has 2 rings (SSSR count). The first-order valence-electron chi connectivity index (χ1n) is 5.34. The van der Waals surface area contributed by atoms with E-state index in [1.165, 1.54) is 18.6 Å². The van der Waals surface area contributed by atoms with Gasteiger partial charge in [0.25, 0.3) is 5.91 Å². The summed E-state index contributed by atoms with van der Waals surface area (Å²) < 4.78 is 0. The first-order chi connectivity index (χ1) is 7.75. The van der Waals surface area contributed by atoms with Crippen LogP contribution >= 0.6 is 0 Å². The Balaban J connectivity index is 1.91. The third-order valence-corrected chi connectivity index (χ3v) is 2.67. The molecule has 16 heavy (non-hydrogen) atoms. The van der Waals surface area contributed by atoms with Crippen LogP contribution in [-0.2, 0) is 4.79 Å². The van der Waals surface area contributed by atoms with Crippen molar-refractivity contribution < 1.29 is 9.59 Å². The maximum atomic E-state index is 11.7. The number of ketones is 1. The van der Waals surface area contributed by atoms with Crippen molar-refractivity contribution >= 4 is 11.7 Å². The minimum Gasteiger partial charge on any atom is -0.348 e. The molecule has 0 spiro atoms. The SMILES string of the molecule is O=C1CCC(NC(=O)c2cnccn2)CC1. The highest BCUT2D eigenvalue weighted by molar-refractivity contribution is 5.92. The van der Waals surface area contributed by atoms with Crippen molar-refractivity contribution in [1.82, 2.24) is 15.3 Å². The number of amides is 1. The molecule has 1 saturated carbocycles. The van der Waals surface area contributed by atoms with Gasteiger partial charge in [-0.25, -0.2) is 4.98 Å².